The number of hydrogen-bond acceptors (Lipinski definition) is 11. The number of aromatic nitrogens is 1. The normalized spacial score (nSPS) is 14.7. The molecule has 13 heteroatoms. The number of anilines is 2. The fraction of sp³-hybridized carbons (Fsp3) is 0.441. The first-order valence-corrected chi connectivity index (χ1v) is 16.4. The summed E-state index contributed by atoms with van der Waals surface area (Å²) < 4.78 is 22.1. The molecule has 4 rings (SSSR count). The molecule has 0 fully saturated rings. The number of methoxy groups -OCH3 is 3. The van der Waals surface area contributed by atoms with Gasteiger partial charge in [-0.25, -0.2) is 4.98 Å². The molecule has 0 saturated carbocycles. The number of rotatable bonds is 13. The van der Waals surface area contributed by atoms with Gasteiger partial charge < -0.3 is 34.9 Å². The SMILES string of the molecule is CCOC(=O)Cc1csc(NC(=O)C(Nc2ccc3c(cc2=O)C(NC(C)=O)CCc2cc(OC)c(OC)c(OC)c2-3)C(C)CC)n1. The highest BCUT2D eigenvalue weighted by molar-refractivity contribution is 7.14. The maximum Gasteiger partial charge on any atom is 0.311 e. The molecule has 0 spiro atoms. The van der Waals surface area contributed by atoms with Crippen molar-refractivity contribution in [1.82, 2.24) is 10.3 Å². The van der Waals surface area contributed by atoms with E-state index in [1.165, 1.54) is 31.4 Å². The second-order valence-corrected chi connectivity index (χ2v) is 12.1. The Kier molecular flexibility index (Phi) is 11.8. The molecule has 3 atom stereocenters. The smallest absolute Gasteiger partial charge is 0.311 e. The van der Waals surface area contributed by atoms with Crippen molar-refractivity contribution in [3.05, 3.63) is 56.7 Å². The first kappa shape index (κ1) is 35.2. The average molecular weight is 667 g/mol. The van der Waals surface area contributed by atoms with Gasteiger partial charge in [-0.15, -0.1) is 11.3 Å². The number of amides is 2. The van der Waals surface area contributed by atoms with Gasteiger partial charge in [0.15, 0.2) is 16.6 Å². The zero-order chi connectivity index (χ0) is 34.2. The number of benzene rings is 1. The standard InChI is InChI=1S/C34H42N4O8S/c1-8-18(3)30(33(42)38-34-36-21(17-47-34)15-28(41)46-9-2)37-25-13-11-22-23(16-26(25)40)24(35-19(4)39)12-10-20-14-27(43-5)31(44-6)32(45-7)29(20)22/h11,13-14,16-18,24,30H,8-10,12,15H2,1-7H3,(H,35,39)(H,37,40)(H,36,38,42). The molecule has 3 unspecified atom stereocenters. The van der Waals surface area contributed by atoms with Crippen LogP contribution in [0.1, 0.15) is 63.4 Å². The summed E-state index contributed by atoms with van der Waals surface area (Å²) in [5.41, 5.74) is 3.29. The first-order chi connectivity index (χ1) is 22.5. The second kappa shape index (κ2) is 15.8. The summed E-state index contributed by atoms with van der Waals surface area (Å²) in [6.45, 7) is 7.32. The van der Waals surface area contributed by atoms with Crippen molar-refractivity contribution < 1.29 is 33.3 Å². The molecule has 12 nitrogen and oxygen atoms in total. The fourth-order valence-electron chi connectivity index (χ4n) is 5.69. The van der Waals surface area contributed by atoms with E-state index in [4.69, 9.17) is 18.9 Å². The van der Waals surface area contributed by atoms with Gasteiger partial charge in [0.05, 0.1) is 51.8 Å². The van der Waals surface area contributed by atoms with Crippen molar-refractivity contribution in [3.8, 4) is 28.4 Å². The van der Waals surface area contributed by atoms with Crippen molar-refractivity contribution in [2.45, 2.75) is 65.5 Å². The van der Waals surface area contributed by atoms with Gasteiger partial charge in [-0.1, -0.05) is 26.3 Å². The zero-order valence-corrected chi connectivity index (χ0v) is 28.6. The topological polar surface area (TPSA) is 154 Å². The highest BCUT2D eigenvalue weighted by Gasteiger charge is 2.30. The number of hydrogen-bond donors (Lipinski definition) is 3. The summed E-state index contributed by atoms with van der Waals surface area (Å²) in [5.74, 6) is 0.197. The third kappa shape index (κ3) is 8.02. The molecule has 2 aromatic carbocycles. The largest absolute Gasteiger partial charge is 0.493 e. The number of carbonyl (C=O) groups excluding carboxylic acids is 3. The molecule has 0 bridgehead atoms. The lowest BCUT2D eigenvalue weighted by Gasteiger charge is -2.23. The van der Waals surface area contributed by atoms with E-state index in [1.54, 1.807) is 38.7 Å². The number of ether oxygens (including phenoxy) is 4. The Morgan fingerprint density at radius 3 is 2.45 bits per heavy atom. The van der Waals surface area contributed by atoms with Crippen LogP contribution in [-0.2, 0) is 32.0 Å². The molecule has 0 radical (unpaired) electrons. The third-order valence-electron chi connectivity index (χ3n) is 8.14. The maximum absolute atomic E-state index is 13.9. The lowest BCUT2D eigenvalue weighted by Crippen LogP contribution is -2.40. The Labute approximate surface area is 278 Å². The van der Waals surface area contributed by atoms with E-state index in [9.17, 15) is 19.2 Å². The molecule has 3 N–H and O–H groups in total. The predicted octanol–water partition coefficient (Wildman–Crippen LogP) is 4.89. The monoisotopic (exact) mass is 666 g/mol. The fourth-order valence-corrected chi connectivity index (χ4v) is 6.40. The van der Waals surface area contributed by atoms with Crippen LogP contribution in [0, 0.1) is 5.92 Å². The summed E-state index contributed by atoms with van der Waals surface area (Å²) in [6.07, 6.45) is 1.75. The summed E-state index contributed by atoms with van der Waals surface area (Å²) in [7, 11) is 4.62. The first-order valence-electron chi connectivity index (χ1n) is 15.5. The van der Waals surface area contributed by atoms with E-state index < -0.39 is 18.1 Å². The van der Waals surface area contributed by atoms with Gasteiger partial charge in [0.2, 0.25) is 23.0 Å². The molecule has 47 heavy (non-hydrogen) atoms. The minimum atomic E-state index is -0.787. The minimum Gasteiger partial charge on any atom is -0.493 e. The quantitative estimate of drug-likeness (QED) is 0.215. The van der Waals surface area contributed by atoms with E-state index in [1.807, 2.05) is 19.9 Å². The molecule has 1 heterocycles. The van der Waals surface area contributed by atoms with E-state index in [-0.39, 0.29) is 41.9 Å². The predicted molar refractivity (Wildman–Crippen MR) is 181 cm³/mol. The molecular formula is C34H42N4O8S. The molecule has 1 aliphatic rings. The van der Waals surface area contributed by atoms with Crippen LogP contribution in [0.2, 0.25) is 0 Å². The van der Waals surface area contributed by atoms with Gasteiger partial charge in [-0.05, 0) is 60.6 Å². The summed E-state index contributed by atoms with van der Waals surface area (Å²) in [6, 6.07) is 5.61. The van der Waals surface area contributed by atoms with E-state index in [2.05, 4.69) is 20.9 Å². The lowest BCUT2D eigenvalue weighted by molar-refractivity contribution is -0.142. The van der Waals surface area contributed by atoms with Crippen molar-refractivity contribution in [2.24, 2.45) is 5.92 Å². The van der Waals surface area contributed by atoms with Gasteiger partial charge in [0, 0.05) is 17.9 Å². The highest BCUT2D eigenvalue weighted by atomic mass is 32.1. The summed E-state index contributed by atoms with van der Waals surface area (Å²) >= 11 is 1.20. The molecule has 252 valence electrons. The van der Waals surface area contributed by atoms with Crippen molar-refractivity contribution in [2.75, 3.05) is 38.6 Å². The number of fused-ring (bicyclic) bond motifs is 3. The highest BCUT2D eigenvalue weighted by Crippen LogP contribution is 2.50. The van der Waals surface area contributed by atoms with Crippen LogP contribution in [0.4, 0.5) is 10.8 Å². The van der Waals surface area contributed by atoms with Crippen molar-refractivity contribution in [1.29, 1.82) is 0 Å². The Balaban J connectivity index is 1.76. The number of carbonyl (C=O) groups is 3. The average Bonchev–Trinajstić information content (AvgIpc) is 3.34. The molecular weight excluding hydrogens is 624 g/mol. The van der Waals surface area contributed by atoms with Crippen LogP contribution in [0.15, 0.2) is 34.4 Å². The molecule has 2 amide bonds. The number of thiazole rings is 1. The van der Waals surface area contributed by atoms with Crippen LogP contribution in [0.25, 0.3) is 11.1 Å². The zero-order valence-electron chi connectivity index (χ0n) is 27.8. The van der Waals surface area contributed by atoms with Gasteiger partial charge >= 0.3 is 5.97 Å². The van der Waals surface area contributed by atoms with Crippen molar-refractivity contribution >= 4 is 39.9 Å². The van der Waals surface area contributed by atoms with E-state index in [0.29, 0.717) is 58.5 Å². The number of aryl methyl sites for hydroxylation is 1. The Hall–Kier alpha value is -4.65. The van der Waals surface area contributed by atoms with E-state index in [0.717, 1.165) is 11.1 Å². The Bertz CT molecular complexity index is 1690. The molecule has 3 aromatic rings. The Morgan fingerprint density at radius 2 is 1.81 bits per heavy atom. The van der Waals surface area contributed by atoms with Crippen LogP contribution in [0.5, 0.6) is 17.2 Å². The molecule has 1 aliphatic carbocycles. The Morgan fingerprint density at radius 1 is 1.06 bits per heavy atom. The van der Waals surface area contributed by atoms with Crippen LogP contribution >= 0.6 is 11.3 Å². The van der Waals surface area contributed by atoms with Gasteiger partial charge in [-0.3, -0.25) is 19.2 Å². The van der Waals surface area contributed by atoms with Crippen LogP contribution in [0.3, 0.4) is 0 Å². The summed E-state index contributed by atoms with van der Waals surface area (Å²) in [4.78, 5) is 56.0. The molecule has 1 aromatic heterocycles. The second-order valence-electron chi connectivity index (χ2n) is 11.2. The van der Waals surface area contributed by atoms with Gasteiger partial charge in [-0.2, -0.15) is 0 Å². The number of nitrogens with zero attached hydrogens (tertiary/aromatic N) is 1. The molecule has 0 saturated heterocycles. The maximum atomic E-state index is 13.9. The third-order valence-corrected chi connectivity index (χ3v) is 8.94. The summed E-state index contributed by atoms with van der Waals surface area (Å²) in [5, 5.41) is 11.1. The van der Waals surface area contributed by atoms with Crippen LogP contribution in [-0.4, -0.2) is 56.7 Å². The van der Waals surface area contributed by atoms with E-state index >= 15 is 0 Å². The van der Waals surface area contributed by atoms with Crippen molar-refractivity contribution in [3.63, 3.8) is 0 Å². The number of nitrogens with one attached hydrogen (secondary N) is 3. The lowest BCUT2D eigenvalue weighted by atomic mass is 9.95. The molecule has 0 aliphatic heterocycles. The van der Waals surface area contributed by atoms with Gasteiger partial charge in [0.25, 0.3) is 0 Å². The minimum absolute atomic E-state index is 0.00399. The van der Waals surface area contributed by atoms with Crippen LogP contribution < -0.4 is 35.6 Å². The van der Waals surface area contributed by atoms with Gasteiger partial charge in [0.1, 0.15) is 6.04 Å². The number of esters is 1.